The fourth-order valence-electron chi connectivity index (χ4n) is 2.98. The number of aromatic nitrogens is 5. The summed E-state index contributed by atoms with van der Waals surface area (Å²) < 4.78 is 63.2. The number of halogens is 1. The first-order valence-electron chi connectivity index (χ1n) is 9.87. The molecule has 0 aromatic carbocycles. The molecule has 0 saturated carbocycles. The minimum Gasteiger partial charge on any atom is -0.256 e. The van der Waals surface area contributed by atoms with Crippen molar-refractivity contribution in [2.45, 2.75) is 30.6 Å². The molecule has 4 heterocycles. The Morgan fingerprint density at radius 3 is 2.69 bits per heavy atom. The third-order valence-corrected chi connectivity index (χ3v) is 6.57. The van der Waals surface area contributed by atoms with E-state index in [4.69, 9.17) is 17.1 Å². The van der Waals surface area contributed by atoms with Crippen LogP contribution in [0.5, 0.6) is 0 Å². The second-order valence-corrected chi connectivity index (χ2v) is 8.20. The van der Waals surface area contributed by atoms with E-state index in [-0.39, 0.29) is 22.3 Å². The van der Waals surface area contributed by atoms with E-state index >= 15 is 0 Å². The Hall–Kier alpha value is -1.97. The van der Waals surface area contributed by atoms with Gasteiger partial charge in [0, 0.05) is 31.7 Å². The minimum absolute atomic E-state index is 0.212. The second kappa shape index (κ2) is 6.33. The number of sulfonamides is 1. The molecule has 10 heteroatoms. The van der Waals surface area contributed by atoms with E-state index in [9.17, 15) is 8.42 Å². The van der Waals surface area contributed by atoms with Crippen molar-refractivity contribution in [2.75, 3.05) is 13.0 Å². The van der Waals surface area contributed by atoms with Crippen LogP contribution in [-0.4, -0.2) is 50.1 Å². The zero-order chi connectivity index (χ0) is 22.1. The molecule has 4 rings (SSSR count). The van der Waals surface area contributed by atoms with E-state index < -0.39 is 33.8 Å². The molecular weight excluding hydrogens is 376 g/mol. The normalized spacial score (nSPS) is 23.3. The number of rotatable bonds is 3. The van der Waals surface area contributed by atoms with Crippen LogP contribution in [0.4, 0.5) is 0 Å². The maximum atomic E-state index is 13.2. The third-order valence-electron chi connectivity index (χ3n) is 4.42. The van der Waals surface area contributed by atoms with Gasteiger partial charge in [0.05, 0.1) is 6.20 Å². The average Bonchev–Trinajstić information content (AvgIpc) is 3.18. The molecule has 0 unspecified atom stereocenters. The highest BCUT2D eigenvalue weighted by Gasteiger charge is 2.33. The van der Waals surface area contributed by atoms with Gasteiger partial charge in [-0.3, -0.25) is 4.68 Å². The van der Waals surface area contributed by atoms with Crippen molar-refractivity contribution < 1.29 is 13.9 Å². The van der Waals surface area contributed by atoms with Gasteiger partial charge in [0.2, 0.25) is 10.0 Å². The van der Waals surface area contributed by atoms with E-state index in [2.05, 4.69) is 15.2 Å². The van der Waals surface area contributed by atoms with Crippen LogP contribution < -0.4 is 0 Å². The molecule has 0 amide bonds. The predicted molar refractivity (Wildman–Crippen MR) is 96.7 cm³/mol. The molecule has 0 atom stereocenters. The zero-order valence-corrected chi connectivity index (χ0v) is 15.7. The first-order valence-corrected chi connectivity index (χ1v) is 9.69. The number of pyridine rings is 1. The molecule has 138 valence electrons. The number of hydrogen-bond acceptors (Lipinski definition) is 5. The Kier molecular flexibility index (Phi) is 3.22. The van der Waals surface area contributed by atoms with Gasteiger partial charge in [0.1, 0.15) is 16.4 Å². The number of fused-ring (bicyclic) bond motifs is 1. The van der Waals surface area contributed by atoms with Crippen LogP contribution in [-0.2, 0) is 17.1 Å². The van der Waals surface area contributed by atoms with Gasteiger partial charge in [-0.1, -0.05) is 11.6 Å². The second-order valence-electron chi connectivity index (χ2n) is 6.09. The molecule has 1 fully saturated rings. The fraction of sp³-hybridized carbons (Fsp3) is 0.438. The molecule has 0 N–H and O–H groups in total. The molecule has 26 heavy (non-hydrogen) atoms. The topological polar surface area (TPSA) is 85.4 Å². The average molecular weight is 399 g/mol. The summed E-state index contributed by atoms with van der Waals surface area (Å²) in [5, 5.41) is 7.66. The van der Waals surface area contributed by atoms with Crippen LogP contribution in [0.1, 0.15) is 35.4 Å². The van der Waals surface area contributed by atoms with Crippen molar-refractivity contribution in [3.8, 4) is 0 Å². The molecule has 8 nitrogen and oxygen atoms in total. The summed E-state index contributed by atoms with van der Waals surface area (Å²) in [6.45, 7) is -3.18. The summed E-state index contributed by atoms with van der Waals surface area (Å²) in [5.74, 6) is -0.570. The summed E-state index contributed by atoms with van der Waals surface area (Å²) in [5.41, 5.74) is 2.12. The van der Waals surface area contributed by atoms with Crippen molar-refractivity contribution >= 4 is 27.3 Å². The van der Waals surface area contributed by atoms with Crippen LogP contribution >= 0.6 is 11.6 Å². The number of nitrogens with zero attached hydrogens (tertiary/aromatic N) is 6. The molecule has 0 aliphatic carbocycles. The van der Waals surface area contributed by atoms with E-state index in [0.717, 1.165) is 16.4 Å². The summed E-state index contributed by atoms with van der Waals surface area (Å²) >= 11 is 6.02. The molecule has 1 aliphatic heterocycles. The van der Waals surface area contributed by atoms with Gasteiger partial charge in [-0.2, -0.15) is 14.5 Å². The first-order chi connectivity index (χ1) is 13.8. The lowest BCUT2D eigenvalue weighted by Crippen LogP contribution is -2.38. The zero-order valence-electron chi connectivity index (χ0n) is 18.1. The molecular formula is C16H19ClN6O2S. The lowest BCUT2D eigenvalue weighted by Gasteiger charge is -2.31. The van der Waals surface area contributed by atoms with Gasteiger partial charge in [-0.15, -0.1) is 0 Å². The van der Waals surface area contributed by atoms with Crippen molar-refractivity contribution in [3.05, 3.63) is 41.1 Å². The van der Waals surface area contributed by atoms with Gasteiger partial charge < -0.3 is 0 Å². The Bertz CT molecular complexity index is 1220. The molecule has 3 aromatic heterocycles. The Labute approximate surface area is 162 Å². The number of hydrogen-bond donors (Lipinski definition) is 0. The van der Waals surface area contributed by atoms with E-state index in [1.165, 1.54) is 17.9 Å². The lowest BCUT2D eigenvalue weighted by molar-refractivity contribution is 0.318. The highest BCUT2D eigenvalue weighted by molar-refractivity contribution is 7.89. The Morgan fingerprint density at radius 2 is 2.04 bits per heavy atom. The smallest absolute Gasteiger partial charge is 0.247 e. The molecule has 0 bridgehead atoms. The first kappa shape index (κ1) is 13.2. The van der Waals surface area contributed by atoms with E-state index in [0.29, 0.717) is 11.2 Å². The quantitative estimate of drug-likeness (QED) is 0.673. The maximum absolute atomic E-state index is 13.2. The van der Waals surface area contributed by atoms with Crippen molar-refractivity contribution in [1.82, 2.24) is 28.7 Å². The monoisotopic (exact) mass is 398 g/mol. The summed E-state index contributed by atoms with van der Waals surface area (Å²) in [6.07, 6.45) is 3.62. The largest absolute Gasteiger partial charge is 0.256 e. The van der Waals surface area contributed by atoms with Gasteiger partial charge >= 0.3 is 0 Å². The third kappa shape index (κ3) is 2.80. The predicted octanol–water partition coefficient (Wildman–Crippen LogP) is 1.99. The van der Waals surface area contributed by atoms with E-state index in [1.54, 1.807) is 12.3 Å². The Morgan fingerprint density at radius 1 is 1.31 bits per heavy atom. The molecule has 0 radical (unpaired) electrons. The standard InChI is InChI=1S/C16H19ClN6O2S/c1-11-7-15-18-10-20-23(15)9-13(11)12-3-5-22(6-4-12)26(24,25)14-8-19-21(2)16(14)17/h7-10,12H,3-6H2,1-2H3/i5D2,6D2. The fourth-order valence-corrected chi connectivity index (χ4v) is 4.57. The number of aryl methyl sites for hydroxylation is 2. The van der Waals surface area contributed by atoms with Crippen molar-refractivity contribution in [3.63, 3.8) is 0 Å². The van der Waals surface area contributed by atoms with Crippen LogP contribution in [0, 0.1) is 6.92 Å². The van der Waals surface area contributed by atoms with Gasteiger partial charge in [-0.25, -0.2) is 17.9 Å². The summed E-state index contributed by atoms with van der Waals surface area (Å²) in [4.78, 5) is 3.67. The minimum atomic E-state index is -4.59. The van der Waals surface area contributed by atoms with Crippen molar-refractivity contribution in [2.24, 2.45) is 7.05 Å². The molecule has 1 aliphatic rings. The molecule has 1 saturated heterocycles. The SMILES string of the molecule is [2H]C1([2H])CC(c2cn3ncnc3cc2C)CC([2H])([2H])N1S(=O)(=O)c1cnn(C)c1Cl. The number of piperidine rings is 1. The summed E-state index contributed by atoms with van der Waals surface area (Å²) in [6, 6.07) is 1.78. The van der Waals surface area contributed by atoms with Crippen LogP contribution in [0.15, 0.2) is 29.7 Å². The molecule has 3 aromatic rings. The Balaban J connectivity index is 1.77. The van der Waals surface area contributed by atoms with Crippen LogP contribution in [0.25, 0.3) is 5.65 Å². The molecule has 0 spiro atoms. The van der Waals surface area contributed by atoms with Gasteiger partial charge in [0.15, 0.2) is 5.65 Å². The highest BCUT2D eigenvalue weighted by Crippen LogP contribution is 2.33. The lowest BCUT2D eigenvalue weighted by atomic mass is 9.89. The van der Waals surface area contributed by atoms with E-state index in [1.807, 2.05) is 6.92 Å². The van der Waals surface area contributed by atoms with Crippen LogP contribution in [0.2, 0.25) is 5.15 Å². The van der Waals surface area contributed by atoms with Gasteiger partial charge in [-0.05, 0) is 42.9 Å². The van der Waals surface area contributed by atoms with Gasteiger partial charge in [0.25, 0.3) is 0 Å². The summed E-state index contributed by atoms with van der Waals surface area (Å²) in [7, 11) is -3.14. The highest BCUT2D eigenvalue weighted by atomic mass is 35.5. The van der Waals surface area contributed by atoms with Crippen molar-refractivity contribution in [1.29, 1.82) is 0 Å². The maximum Gasteiger partial charge on any atom is 0.247 e. The van der Waals surface area contributed by atoms with Crippen LogP contribution in [0.3, 0.4) is 0 Å².